The molecule has 3 heterocycles. The molecule has 1 aromatic carbocycles. The number of nitrogen functional groups attached to an aromatic ring is 1. The molecule has 1 aliphatic rings. The number of morpholine rings is 1. The molecule has 4 N–H and O–H groups in total. The van der Waals surface area contributed by atoms with Crippen molar-refractivity contribution in [2.24, 2.45) is 5.73 Å². The van der Waals surface area contributed by atoms with Gasteiger partial charge < -0.3 is 21.1 Å². The number of fused-ring (bicyclic) bond motifs is 1. The topological polar surface area (TPSA) is 133 Å². The molecule has 1 aliphatic heterocycles. The lowest BCUT2D eigenvalue weighted by atomic mass is 10.1. The minimum absolute atomic E-state index is 0.174. The van der Waals surface area contributed by atoms with Gasteiger partial charge in [-0.25, -0.2) is 9.97 Å². The Morgan fingerprint density at radius 3 is 2.56 bits per heavy atom. The molecular weight excluding hydrogens is 346 g/mol. The van der Waals surface area contributed by atoms with Crippen LogP contribution in [-0.4, -0.2) is 52.1 Å². The van der Waals surface area contributed by atoms with Crippen molar-refractivity contribution in [2.75, 3.05) is 36.9 Å². The van der Waals surface area contributed by atoms with Gasteiger partial charge in [-0.3, -0.25) is 4.79 Å². The fourth-order valence-electron chi connectivity index (χ4n) is 3.02. The van der Waals surface area contributed by atoms with Crippen LogP contribution in [0.25, 0.3) is 11.2 Å². The molecule has 0 radical (unpaired) electrons. The average molecular weight is 365 g/mol. The van der Waals surface area contributed by atoms with E-state index in [-0.39, 0.29) is 5.95 Å². The number of carbonyl (C=O) groups excluding carboxylic acids is 1. The number of benzene rings is 1. The largest absolute Gasteiger partial charge is 0.378 e. The van der Waals surface area contributed by atoms with Crippen molar-refractivity contribution >= 4 is 28.8 Å². The van der Waals surface area contributed by atoms with Gasteiger partial charge in [0.15, 0.2) is 17.0 Å². The van der Waals surface area contributed by atoms with E-state index >= 15 is 0 Å². The fourth-order valence-corrected chi connectivity index (χ4v) is 3.02. The summed E-state index contributed by atoms with van der Waals surface area (Å²) in [7, 11) is 0. The van der Waals surface area contributed by atoms with E-state index < -0.39 is 5.91 Å². The summed E-state index contributed by atoms with van der Waals surface area (Å²) < 4.78 is 5.41. The summed E-state index contributed by atoms with van der Waals surface area (Å²) in [5.41, 5.74) is 14.5. The Bertz CT molecular complexity index is 985. The van der Waals surface area contributed by atoms with E-state index in [1.165, 1.54) is 0 Å². The Morgan fingerprint density at radius 2 is 1.85 bits per heavy atom. The van der Waals surface area contributed by atoms with Gasteiger partial charge in [0.1, 0.15) is 0 Å². The minimum atomic E-state index is -0.447. The predicted molar refractivity (Wildman–Crippen MR) is 100 cm³/mol. The molecule has 2 aromatic heterocycles. The molecule has 0 saturated carbocycles. The maximum absolute atomic E-state index is 11.2. The Labute approximate surface area is 155 Å². The van der Waals surface area contributed by atoms with Crippen LogP contribution in [0.4, 0.5) is 11.8 Å². The van der Waals surface area contributed by atoms with Crippen LogP contribution < -0.4 is 16.4 Å². The van der Waals surface area contributed by atoms with Crippen LogP contribution in [0, 0.1) is 0 Å². The maximum atomic E-state index is 11.2. The van der Waals surface area contributed by atoms with Crippen LogP contribution in [0.5, 0.6) is 0 Å². The average Bonchev–Trinajstić information content (AvgIpc) is 2.69. The number of hydrogen-bond donors (Lipinski definition) is 2. The number of nitrogens with zero attached hydrogens (tertiary/aromatic N) is 5. The second kappa shape index (κ2) is 7.12. The summed E-state index contributed by atoms with van der Waals surface area (Å²) in [5, 5.41) is 0. The molecule has 0 bridgehead atoms. The van der Waals surface area contributed by atoms with Gasteiger partial charge in [-0.15, -0.1) is 0 Å². The third kappa shape index (κ3) is 3.63. The first-order chi connectivity index (χ1) is 13.1. The number of aromatic nitrogens is 4. The lowest BCUT2D eigenvalue weighted by Gasteiger charge is -2.28. The Balaban J connectivity index is 1.68. The van der Waals surface area contributed by atoms with Gasteiger partial charge in [0, 0.05) is 25.1 Å². The molecule has 1 saturated heterocycles. The van der Waals surface area contributed by atoms with Crippen LogP contribution in [0.1, 0.15) is 21.6 Å². The molecular formula is C18H19N7O2. The van der Waals surface area contributed by atoms with Crippen molar-refractivity contribution in [3.05, 3.63) is 47.3 Å². The van der Waals surface area contributed by atoms with E-state index in [1.54, 1.807) is 18.3 Å². The number of nitrogens with two attached hydrogens (primary N) is 2. The van der Waals surface area contributed by atoms with Gasteiger partial charge >= 0.3 is 0 Å². The molecule has 1 fully saturated rings. The first-order valence-corrected chi connectivity index (χ1v) is 8.61. The lowest BCUT2D eigenvalue weighted by molar-refractivity contribution is 0.100. The maximum Gasteiger partial charge on any atom is 0.248 e. The smallest absolute Gasteiger partial charge is 0.248 e. The summed E-state index contributed by atoms with van der Waals surface area (Å²) >= 11 is 0. The van der Waals surface area contributed by atoms with Gasteiger partial charge in [-0.2, -0.15) is 9.97 Å². The third-order valence-electron chi connectivity index (χ3n) is 4.39. The number of anilines is 2. The molecule has 27 heavy (non-hydrogen) atoms. The number of rotatable bonds is 4. The molecule has 1 amide bonds. The van der Waals surface area contributed by atoms with Crippen molar-refractivity contribution < 1.29 is 9.53 Å². The van der Waals surface area contributed by atoms with Crippen molar-refractivity contribution in [1.82, 2.24) is 19.9 Å². The second-order valence-corrected chi connectivity index (χ2v) is 6.28. The molecule has 0 atom stereocenters. The first-order valence-electron chi connectivity index (χ1n) is 8.61. The molecule has 138 valence electrons. The van der Waals surface area contributed by atoms with E-state index in [0.29, 0.717) is 55.3 Å². The Kier molecular flexibility index (Phi) is 4.51. The normalized spacial score (nSPS) is 14.4. The van der Waals surface area contributed by atoms with Crippen LogP contribution in [0.15, 0.2) is 30.5 Å². The van der Waals surface area contributed by atoms with Crippen molar-refractivity contribution in [1.29, 1.82) is 0 Å². The fraction of sp³-hybridized carbons (Fsp3) is 0.278. The third-order valence-corrected chi connectivity index (χ3v) is 4.39. The number of primary amides is 1. The SMILES string of the molecule is NC(=O)c1ccc(Cc2cnc3nc(N)nc(N4CCOCC4)c3n2)cc1. The zero-order valence-electron chi connectivity index (χ0n) is 14.6. The van der Waals surface area contributed by atoms with Crippen molar-refractivity contribution in [3.8, 4) is 0 Å². The molecule has 0 spiro atoms. The number of amides is 1. The zero-order chi connectivity index (χ0) is 18.8. The summed E-state index contributed by atoms with van der Waals surface area (Å²) in [5.74, 6) is 0.407. The van der Waals surface area contributed by atoms with Crippen LogP contribution in [-0.2, 0) is 11.2 Å². The van der Waals surface area contributed by atoms with Gasteiger partial charge in [0.05, 0.1) is 25.1 Å². The highest BCUT2D eigenvalue weighted by Gasteiger charge is 2.19. The van der Waals surface area contributed by atoms with Gasteiger partial charge in [0.25, 0.3) is 0 Å². The second-order valence-electron chi connectivity index (χ2n) is 6.28. The number of ether oxygens (including phenoxy) is 1. The van der Waals surface area contributed by atoms with E-state index in [1.807, 2.05) is 12.1 Å². The monoisotopic (exact) mass is 365 g/mol. The summed E-state index contributed by atoms with van der Waals surface area (Å²) in [4.78, 5) is 31.0. The van der Waals surface area contributed by atoms with Crippen LogP contribution in [0.3, 0.4) is 0 Å². The highest BCUT2D eigenvalue weighted by atomic mass is 16.5. The molecule has 9 nitrogen and oxygen atoms in total. The summed E-state index contributed by atoms with van der Waals surface area (Å²) in [6.45, 7) is 2.69. The predicted octanol–water partition coefficient (Wildman–Crippen LogP) is 0.528. The van der Waals surface area contributed by atoms with Crippen molar-refractivity contribution in [3.63, 3.8) is 0 Å². The molecule has 9 heteroatoms. The summed E-state index contributed by atoms with van der Waals surface area (Å²) in [6.07, 6.45) is 2.24. The first kappa shape index (κ1) is 17.1. The van der Waals surface area contributed by atoms with Gasteiger partial charge in [-0.1, -0.05) is 12.1 Å². The highest BCUT2D eigenvalue weighted by molar-refractivity contribution is 5.92. The quantitative estimate of drug-likeness (QED) is 0.684. The summed E-state index contributed by atoms with van der Waals surface area (Å²) in [6, 6.07) is 7.12. The molecule has 3 aromatic rings. The number of hydrogen-bond acceptors (Lipinski definition) is 8. The molecule has 0 unspecified atom stereocenters. The Morgan fingerprint density at radius 1 is 1.11 bits per heavy atom. The lowest BCUT2D eigenvalue weighted by Crippen LogP contribution is -2.37. The Hall–Kier alpha value is -3.33. The van der Waals surface area contributed by atoms with E-state index in [2.05, 4.69) is 19.9 Å². The van der Waals surface area contributed by atoms with Crippen LogP contribution >= 0.6 is 0 Å². The van der Waals surface area contributed by atoms with Gasteiger partial charge in [0.2, 0.25) is 11.9 Å². The van der Waals surface area contributed by atoms with E-state index in [0.717, 1.165) is 11.3 Å². The number of carbonyl (C=O) groups is 1. The standard InChI is InChI=1S/C18H19N7O2/c19-15(26)12-3-1-11(2-4-12)9-13-10-21-16-14(22-13)17(24-18(20)23-16)25-5-7-27-8-6-25/h1-4,10H,5-9H2,(H2,19,26)(H2,20,21,23,24). The van der Waals surface area contributed by atoms with Gasteiger partial charge in [-0.05, 0) is 17.7 Å². The van der Waals surface area contributed by atoms with Crippen LogP contribution in [0.2, 0.25) is 0 Å². The molecule has 4 rings (SSSR count). The molecule has 0 aliphatic carbocycles. The van der Waals surface area contributed by atoms with Crippen molar-refractivity contribution in [2.45, 2.75) is 6.42 Å². The van der Waals surface area contributed by atoms with E-state index in [4.69, 9.17) is 21.2 Å². The minimum Gasteiger partial charge on any atom is -0.378 e. The zero-order valence-corrected chi connectivity index (χ0v) is 14.6. The highest BCUT2D eigenvalue weighted by Crippen LogP contribution is 2.23. The van der Waals surface area contributed by atoms with E-state index in [9.17, 15) is 4.79 Å².